The summed E-state index contributed by atoms with van der Waals surface area (Å²) >= 11 is 0. The van der Waals surface area contributed by atoms with Crippen molar-refractivity contribution < 1.29 is 27.3 Å². The molecule has 0 unspecified atom stereocenters. The minimum atomic E-state index is -4.67. The van der Waals surface area contributed by atoms with Gasteiger partial charge >= 0.3 is 16.3 Å². The Bertz CT molecular complexity index is 1180. The van der Waals surface area contributed by atoms with Gasteiger partial charge in [0.05, 0.1) is 5.69 Å². The Morgan fingerprint density at radius 3 is 2.17 bits per heavy atom. The summed E-state index contributed by atoms with van der Waals surface area (Å²) in [6.07, 6.45) is 0. The molecule has 3 aromatic rings. The van der Waals surface area contributed by atoms with Gasteiger partial charge < -0.3 is 15.4 Å². The molecule has 3 amide bonds. The van der Waals surface area contributed by atoms with E-state index in [4.69, 9.17) is 9.29 Å². The maximum absolute atomic E-state index is 11.7. The summed E-state index contributed by atoms with van der Waals surface area (Å²) in [5.41, 5.74) is 0.967. The Hall–Kier alpha value is -3.63. The van der Waals surface area contributed by atoms with Gasteiger partial charge in [0.1, 0.15) is 11.5 Å². The fraction of sp³-hybridized carbons (Fsp3) is 0.0526. The molecule has 0 saturated carbocycles. The van der Waals surface area contributed by atoms with Gasteiger partial charge in [0.25, 0.3) is 0 Å². The molecule has 0 aromatic heterocycles. The Labute approximate surface area is 166 Å². The van der Waals surface area contributed by atoms with Crippen molar-refractivity contribution in [3.63, 3.8) is 0 Å². The van der Waals surface area contributed by atoms with Gasteiger partial charge in [-0.05, 0) is 36.4 Å². The van der Waals surface area contributed by atoms with Gasteiger partial charge in [-0.3, -0.25) is 9.35 Å². The lowest BCUT2D eigenvalue weighted by atomic mass is 10.1. The second-order valence-corrected chi connectivity index (χ2v) is 7.15. The quantitative estimate of drug-likeness (QED) is 0.471. The molecule has 0 bridgehead atoms. The summed E-state index contributed by atoms with van der Waals surface area (Å²) in [5, 5.41) is 6.31. The normalized spacial score (nSPS) is 11.0. The molecule has 29 heavy (non-hydrogen) atoms. The zero-order valence-electron chi connectivity index (χ0n) is 15.2. The smallest absolute Gasteiger partial charge is 0.361 e. The van der Waals surface area contributed by atoms with E-state index < -0.39 is 16.3 Å². The summed E-state index contributed by atoms with van der Waals surface area (Å²) in [6.45, 7) is 1.42. The second-order valence-electron chi connectivity index (χ2n) is 6.00. The first-order chi connectivity index (χ1) is 13.7. The molecule has 150 valence electrons. The predicted molar refractivity (Wildman–Crippen MR) is 108 cm³/mol. The van der Waals surface area contributed by atoms with Crippen LogP contribution in [0.4, 0.5) is 16.2 Å². The highest BCUT2D eigenvalue weighted by molar-refractivity contribution is 7.84. The average Bonchev–Trinajstić information content (AvgIpc) is 2.63. The first-order valence-electron chi connectivity index (χ1n) is 8.35. The Kier molecular flexibility index (Phi) is 5.66. The SMILES string of the molecule is CC(=O)Nc1ccc(Oc2ccc(NC(=O)NS(=O)(=O)O)c3ccccc23)cc1. The van der Waals surface area contributed by atoms with Crippen LogP contribution in [0.15, 0.2) is 60.7 Å². The van der Waals surface area contributed by atoms with Crippen LogP contribution >= 0.6 is 0 Å². The largest absolute Gasteiger partial charge is 0.457 e. The van der Waals surface area contributed by atoms with E-state index in [0.29, 0.717) is 33.6 Å². The van der Waals surface area contributed by atoms with Crippen molar-refractivity contribution in [1.29, 1.82) is 0 Å². The van der Waals surface area contributed by atoms with Gasteiger partial charge in [0.2, 0.25) is 5.91 Å². The predicted octanol–water partition coefficient (Wildman–Crippen LogP) is 3.51. The highest BCUT2D eigenvalue weighted by Crippen LogP contribution is 2.34. The molecule has 0 aliphatic carbocycles. The van der Waals surface area contributed by atoms with E-state index in [1.807, 2.05) is 0 Å². The molecule has 0 aliphatic heterocycles. The van der Waals surface area contributed by atoms with E-state index >= 15 is 0 Å². The lowest BCUT2D eigenvalue weighted by molar-refractivity contribution is -0.114. The number of ether oxygens (including phenoxy) is 1. The summed E-state index contributed by atoms with van der Waals surface area (Å²) in [6, 6.07) is 15.9. The van der Waals surface area contributed by atoms with Crippen molar-refractivity contribution >= 4 is 44.4 Å². The van der Waals surface area contributed by atoms with Crippen LogP contribution in [0, 0.1) is 0 Å². The molecule has 3 aromatic carbocycles. The highest BCUT2D eigenvalue weighted by Gasteiger charge is 2.13. The fourth-order valence-corrected chi connectivity index (χ4v) is 2.96. The minimum Gasteiger partial charge on any atom is -0.457 e. The van der Waals surface area contributed by atoms with Crippen LogP contribution in [0.1, 0.15) is 6.92 Å². The number of urea groups is 1. The first-order valence-corrected chi connectivity index (χ1v) is 9.79. The van der Waals surface area contributed by atoms with Crippen molar-refractivity contribution in [3.8, 4) is 11.5 Å². The molecule has 0 heterocycles. The summed E-state index contributed by atoms with van der Waals surface area (Å²) in [7, 11) is -4.67. The molecule has 3 rings (SSSR count). The molecule has 0 saturated heterocycles. The molecule has 10 heteroatoms. The van der Waals surface area contributed by atoms with Crippen LogP contribution in [0.2, 0.25) is 0 Å². The van der Waals surface area contributed by atoms with Gasteiger partial charge in [0, 0.05) is 23.4 Å². The first kappa shape index (κ1) is 20.1. The topological polar surface area (TPSA) is 134 Å². The average molecular weight is 415 g/mol. The second kappa shape index (κ2) is 8.17. The number of fused-ring (bicyclic) bond motifs is 1. The number of hydrogen-bond donors (Lipinski definition) is 4. The molecule has 0 aliphatic rings. The maximum atomic E-state index is 11.7. The van der Waals surface area contributed by atoms with Gasteiger partial charge in [0.15, 0.2) is 0 Å². The van der Waals surface area contributed by atoms with Crippen molar-refractivity contribution in [2.45, 2.75) is 6.92 Å². The van der Waals surface area contributed by atoms with E-state index in [9.17, 15) is 18.0 Å². The van der Waals surface area contributed by atoms with Gasteiger partial charge in [-0.1, -0.05) is 24.3 Å². The third-order valence-corrected chi connectivity index (χ3v) is 4.20. The number of carbonyl (C=O) groups excluding carboxylic acids is 2. The fourth-order valence-electron chi connectivity index (χ4n) is 2.67. The van der Waals surface area contributed by atoms with Gasteiger partial charge in [-0.15, -0.1) is 0 Å². The van der Waals surface area contributed by atoms with Crippen LogP contribution in [-0.4, -0.2) is 24.9 Å². The third-order valence-electron chi connectivity index (χ3n) is 3.76. The molecule has 0 atom stereocenters. The van der Waals surface area contributed by atoms with Crippen molar-refractivity contribution in [2.24, 2.45) is 0 Å². The van der Waals surface area contributed by atoms with Gasteiger partial charge in [-0.2, -0.15) is 8.42 Å². The van der Waals surface area contributed by atoms with Crippen molar-refractivity contribution in [3.05, 3.63) is 60.7 Å². The van der Waals surface area contributed by atoms with Gasteiger partial charge in [-0.25, -0.2) is 9.52 Å². The standard InChI is InChI=1S/C19H17N3O6S/c1-12(23)20-13-6-8-14(9-7-13)28-18-11-10-17(15-4-2-3-5-16(15)18)21-19(24)22-29(25,26)27/h2-11H,1H3,(H,20,23)(H2,21,22,24)(H,25,26,27). The van der Waals surface area contributed by atoms with Crippen LogP contribution in [-0.2, 0) is 15.1 Å². The van der Waals surface area contributed by atoms with E-state index in [-0.39, 0.29) is 5.91 Å². The monoisotopic (exact) mass is 415 g/mol. The summed E-state index contributed by atoms with van der Waals surface area (Å²) in [5.74, 6) is 0.869. The molecule has 0 fully saturated rings. The number of amides is 3. The molecule has 4 N–H and O–H groups in total. The molecule has 0 spiro atoms. The number of carbonyl (C=O) groups is 2. The Morgan fingerprint density at radius 2 is 1.55 bits per heavy atom. The molecule has 0 radical (unpaired) electrons. The van der Waals surface area contributed by atoms with E-state index in [0.717, 1.165) is 0 Å². The van der Waals surface area contributed by atoms with Crippen molar-refractivity contribution in [2.75, 3.05) is 10.6 Å². The number of rotatable bonds is 5. The zero-order chi connectivity index (χ0) is 21.0. The summed E-state index contributed by atoms with van der Waals surface area (Å²) < 4.78 is 37.6. The lowest BCUT2D eigenvalue weighted by Crippen LogP contribution is -2.33. The number of anilines is 2. The number of hydrogen-bond acceptors (Lipinski definition) is 5. The maximum Gasteiger partial charge on any atom is 0.361 e. The van der Waals surface area contributed by atoms with Crippen LogP contribution in [0.5, 0.6) is 11.5 Å². The highest BCUT2D eigenvalue weighted by atomic mass is 32.2. The third kappa shape index (κ3) is 5.43. The van der Waals surface area contributed by atoms with Crippen LogP contribution < -0.4 is 20.1 Å². The lowest BCUT2D eigenvalue weighted by Gasteiger charge is -2.13. The summed E-state index contributed by atoms with van der Waals surface area (Å²) in [4.78, 5) is 22.8. The van der Waals surface area contributed by atoms with E-state index in [2.05, 4.69) is 10.6 Å². The molecular formula is C19H17N3O6S. The number of benzene rings is 3. The molecular weight excluding hydrogens is 398 g/mol. The van der Waals surface area contributed by atoms with Crippen LogP contribution in [0.25, 0.3) is 10.8 Å². The Balaban J connectivity index is 1.87. The number of nitrogens with one attached hydrogen (secondary N) is 3. The van der Waals surface area contributed by atoms with E-state index in [1.54, 1.807) is 60.7 Å². The Morgan fingerprint density at radius 1 is 0.897 bits per heavy atom. The zero-order valence-corrected chi connectivity index (χ0v) is 16.0. The van der Waals surface area contributed by atoms with E-state index in [1.165, 1.54) is 11.6 Å². The molecule has 9 nitrogen and oxygen atoms in total. The van der Waals surface area contributed by atoms with Crippen LogP contribution in [0.3, 0.4) is 0 Å². The minimum absolute atomic E-state index is 0.175. The van der Waals surface area contributed by atoms with Crippen molar-refractivity contribution in [1.82, 2.24) is 4.72 Å².